The minimum atomic E-state index is 0.666. The first-order chi connectivity index (χ1) is 21.8. The fourth-order valence-corrected chi connectivity index (χ4v) is 8.48. The summed E-state index contributed by atoms with van der Waals surface area (Å²) in [6, 6.07) is 49.0. The molecule has 44 heavy (non-hydrogen) atoms. The van der Waals surface area contributed by atoms with Crippen LogP contribution in [-0.4, -0.2) is 15.0 Å². The lowest BCUT2D eigenvalue weighted by Crippen LogP contribution is -2.00. The Balaban J connectivity index is 1.31. The molecule has 0 N–H and O–H groups in total. The number of aromatic nitrogens is 3. The Bertz CT molecular complexity index is 2380. The second-order valence-electron chi connectivity index (χ2n) is 10.8. The summed E-state index contributed by atoms with van der Waals surface area (Å²) in [6.07, 6.45) is 0. The Morgan fingerprint density at radius 2 is 0.795 bits per heavy atom. The molecule has 0 bridgehead atoms. The fourth-order valence-electron chi connectivity index (χ4n) is 6.06. The van der Waals surface area contributed by atoms with Crippen LogP contribution in [0, 0.1) is 0 Å². The summed E-state index contributed by atoms with van der Waals surface area (Å²) in [4.78, 5) is 15.5. The summed E-state index contributed by atoms with van der Waals surface area (Å²) < 4.78 is 4.90. The monoisotopic (exact) mass is 597 g/mol. The molecular weight excluding hydrogens is 575 g/mol. The van der Waals surface area contributed by atoms with Crippen molar-refractivity contribution < 1.29 is 0 Å². The number of rotatable bonds is 4. The van der Waals surface area contributed by atoms with Gasteiger partial charge in [-0.3, -0.25) is 0 Å². The highest BCUT2D eigenvalue weighted by atomic mass is 32.1. The van der Waals surface area contributed by atoms with E-state index in [1.807, 2.05) is 6.07 Å². The van der Waals surface area contributed by atoms with E-state index in [4.69, 9.17) is 15.0 Å². The average molecular weight is 598 g/mol. The number of nitrogens with zero attached hydrogens (tertiary/aromatic N) is 3. The van der Waals surface area contributed by atoms with Crippen molar-refractivity contribution in [1.82, 2.24) is 15.0 Å². The van der Waals surface area contributed by atoms with Crippen LogP contribution in [0.1, 0.15) is 0 Å². The second-order valence-corrected chi connectivity index (χ2v) is 12.9. The van der Waals surface area contributed by atoms with Gasteiger partial charge < -0.3 is 0 Å². The molecule has 0 unspecified atom stereocenters. The van der Waals surface area contributed by atoms with E-state index in [2.05, 4.69) is 133 Å². The smallest absolute Gasteiger partial charge is 0.165 e. The third-order valence-electron chi connectivity index (χ3n) is 8.15. The molecular formula is C39H23N3S2. The standard InChI is InChI=1S/C39H23N3S2/c1-2-11-24(12-3-1)25-13-8-14-26(23-25)37-40-38(31-19-9-17-29-27-15-4-6-21-33(27)43-35(29)31)42-39(41-37)32-20-10-18-30-28-16-5-7-22-34(28)44-36(30)32/h1-23H. The topological polar surface area (TPSA) is 38.7 Å². The van der Waals surface area contributed by atoms with Gasteiger partial charge in [-0.15, -0.1) is 22.7 Å². The van der Waals surface area contributed by atoms with Crippen LogP contribution >= 0.6 is 22.7 Å². The zero-order valence-electron chi connectivity index (χ0n) is 23.4. The van der Waals surface area contributed by atoms with E-state index in [0.29, 0.717) is 17.5 Å². The molecule has 6 aromatic carbocycles. The Labute approximate surface area is 261 Å². The third-order valence-corrected chi connectivity index (χ3v) is 10.6. The van der Waals surface area contributed by atoms with Crippen LogP contribution in [0.25, 0.3) is 85.6 Å². The molecule has 0 aliphatic carbocycles. The Morgan fingerprint density at radius 3 is 1.41 bits per heavy atom. The molecule has 0 fully saturated rings. The number of hydrogen-bond donors (Lipinski definition) is 0. The van der Waals surface area contributed by atoms with Crippen molar-refractivity contribution in [3.8, 4) is 45.3 Å². The van der Waals surface area contributed by atoms with E-state index < -0.39 is 0 Å². The minimum absolute atomic E-state index is 0.666. The van der Waals surface area contributed by atoms with Gasteiger partial charge in [0, 0.05) is 57.0 Å². The molecule has 0 saturated carbocycles. The summed E-state index contributed by atoms with van der Waals surface area (Å²) in [7, 11) is 0. The molecule has 0 saturated heterocycles. The van der Waals surface area contributed by atoms with Crippen LogP contribution < -0.4 is 0 Å². The first kappa shape index (κ1) is 25.3. The van der Waals surface area contributed by atoms with Crippen LogP contribution in [0.5, 0.6) is 0 Å². The zero-order valence-corrected chi connectivity index (χ0v) is 25.1. The summed E-state index contributed by atoms with van der Waals surface area (Å²) in [5.74, 6) is 2.04. The van der Waals surface area contributed by atoms with Crippen molar-refractivity contribution in [2.24, 2.45) is 0 Å². The van der Waals surface area contributed by atoms with Gasteiger partial charge in [-0.1, -0.05) is 109 Å². The van der Waals surface area contributed by atoms with Crippen LogP contribution in [0.4, 0.5) is 0 Å². The predicted molar refractivity (Wildman–Crippen MR) is 187 cm³/mol. The van der Waals surface area contributed by atoms with Crippen molar-refractivity contribution in [3.05, 3.63) is 140 Å². The number of fused-ring (bicyclic) bond motifs is 6. The van der Waals surface area contributed by atoms with Gasteiger partial charge in [-0.05, 0) is 41.5 Å². The van der Waals surface area contributed by atoms with E-state index in [1.165, 1.54) is 40.3 Å². The van der Waals surface area contributed by atoms with Crippen molar-refractivity contribution in [2.75, 3.05) is 0 Å². The van der Waals surface area contributed by atoms with E-state index in [0.717, 1.165) is 27.8 Å². The first-order valence-electron chi connectivity index (χ1n) is 14.5. The average Bonchev–Trinajstić information content (AvgIpc) is 3.67. The van der Waals surface area contributed by atoms with Crippen molar-refractivity contribution in [1.29, 1.82) is 0 Å². The summed E-state index contributed by atoms with van der Waals surface area (Å²) >= 11 is 3.59. The van der Waals surface area contributed by atoms with Gasteiger partial charge in [0.1, 0.15) is 0 Å². The SMILES string of the molecule is c1ccc(-c2cccc(-c3nc(-c4cccc5c4sc4ccccc45)nc(-c4cccc5c4sc4ccccc45)n3)c2)cc1. The molecule has 0 amide bonds. The number of thiophene rings is 2. The quantitative estimate of drug-likeness (QED) is 0.203. The van der Waals surface area contributed by atoms with Gasteiger partial charge in [0.15, 0.2) is 17.5 Å². The van der Waals surface area contributed by atoms with Gasteiger partial charge in [-0.2, -0.15) is 0 Å². The van der Waals surface area contributed by atoms with Gasteiger partial charge in [-0.25, -0.2) is 15.0 Å². The predicted octanol–water partition coefficient (Wildman–Crippen LogP) is 11.3. The zero-order chi connectivity index (χ0) is 29.0. The lowest BCUT2D eigenvalue weighted by molar-refractivity contribution is 1.08. The van der Waals surface area contributed by atoms with E-state index in [1.54, 1.807) is 22.7 Å². The molecule has 206 valence electrons. The molecule has 0 aliphatic rings. The summed E-state index contributed by atoms with van der Waals surface area (Å²) in [6.45, 7) is 0. The second kappa shape index (κ2) is 10.2. The highest BCUT2D eigenvalue weighted by Crippen LogP contribution is 2.42. The Hall–Kier alpha value is -5.23. The maximum absolute atomic E-state index is 5.21. The van der Waals surface area contributed by atoms with Crippen LogP contribution in [0.2, 0.25) is 0 Å². The molecule has 5 heteroatoms. The van der Waals surface area contributed by atoms with Crippen LogP contribution in [0.3, 0.4) is 0 Å². The van der Waals surface area contributed by atoms with E-state index >= 15 is 0 Å². The maximum atomic E-state index is 5.21. The highest BCUT2D eigenvalue weighted by Gasteiger charge is 2.19. The number of benzene rings is 6. The van der Waals surface area contributed by atoms with E-state index in [9.17, 15) is 0 Å². The Kier molecular flexibility index (Phi) is 5.86. The van der Waals surface area contributed by atoms with Crippen molar-refractivity contribution in [2.45, 2.75) is 0 Å². The molecule has 3 aromatic heterocycles. The van der Waals surface area contributed by atoms with Crippen LogP contribution in [0.15, 0.2) is 140 Å². The molecule has 3 heterocycles. The summed E-state index contributed by atoms with van der Waals surface area (Å²) in [5.41, 5.74) is 5.30. The number of hydrogen-bond acceptors (Lipinski definition) is 5. The van der Waals surface area contributed by atoms with Gasteiger partial charge in [0.2, 0.25) is 0 Å². The van der Waals surface area contributed by atoms with Gasteiger partial charge >= 0.3 is 0 Å². The maximum Gasteiger partial charge on any atom is 0.165 e. The fraction of sp³-hybridized carbons (Fsp3) is 0. The molecule has 3 nitrogen and oxygen atoms in total. The lowest BCUT2D eigenvalue weighted by Gasteiger charge is -2.11. The minimum Gasteiger partial charge on any atom is -0.208 e. The molecule has 0 radical (unpaired) electrons. The molecule has 9 rings (SSSR count). The first-order valence-corrected chi connectivity index (χ1v) is 16.2. The van der Waals surface area contributed by atoms with Gasteiger partial charge in [0.05, 0.1) is 0 Å². The van der Waals surface area contributed by atoms with Crippen LogP contribution in [-0.2, 0) is 0 Å². The largest absolute Gasteiger partial charge is 0.208 e. The lowest BCUT2D eigenvalue weighted by atomic mass is 10.0. The summed E-state index contributed by atoms with van der Waals surface area (Å²) in [5, 5.41) is 4.97. The molecule has 0 spiro atoms. The van der Waals surface area contributed by atoms with Crippen molar-refractivity contribution in [3.63, 3.8) is 0 Å². The van der Waals surface area contributed by atoms with E-state index in [-0.39, 0.29) is 0 Å². The molecule has 0 atom stereocenters. The third kappa shape index (κ3) is 4.13. The Morgan fingerprint density at radius 1 is 0.341 bits per heavy atom. The van der Waals surface area contributed by atoms with Crippen molar-refractivity contribution >= 4 is 63.0 Å². The van der Waals surface area contributed by atoms with Gasteiger partial charge in [0.25, 0.3) is 0 Å². The molecule has 0 aliphatic heterocycles. The highest BCUT2D eigenvalue weighted by molar-refractivity contribution is 7.26. The normalized spacial score (nSPS) is 11.6. The molecule has 9 aromatic rings.